The van der Waals surface area contributed by atoms with E-state index in [4.69, 9.17) is 23.7 Å². The standard InChI is InChI=1S/C34H58N2O8/c1-23(2)26(19-25-12-13-29(41-9)30(20-25)43-18-17-40-8)21-34(39,36-32(38)44-33(5,6)7)15-14-28(24(3)4)31(37)35-22-27-11-10-16-42-27/h12-13,20,23-24,26-28,39H,10-11,14-19,21-22H2,1-9H3,(H,35,37)(H,36,38)/t26?,27?,28-,34-/m0/s1. The normalized spacial score (nSPS) is 18.0. The van der Waals surface area contributed by atoms with Crippen molar-refractivity contribution in [1.82, 2.24) is 10.6 Å². The average Bonchev–Trinajstić information content (AvgIpc) is 3.44. The maximum Gasteiger partial charge on any atom is 0.409 e. The highest BCUT2D eigenvalue weighted by Gasteiger charge is 2.37. The maximum absolute atomic E-state index is 13.2. The molecule has 0 radical (unpaired) electrons. The van der Waals surface area contributed by atoms with Crippen molar-refractivity contribution in [3.8, 4) is 11.5 Å². The lowest BCUT2D eigenvalue weighted by atomic mass is 9.80. The van der Waals surface area contributed by atoms with Crippen molar-refractivity contribution in [2.75, 3.05) is 40.6 Å². The van der Waals surface area contributed by atoms with Gasteiger partial charge in [0.05, 0.1) is 19.8 Å². The highest BCUT2D eigenvalue weighted by Crippen LogP contribution is 2.34. The zero-order chi connectivity index (χ0) is 32.9. The number of nitrogens with one attached hydrogen (secondary N) is 2. The number of ether oxygens (including phenoxy) is 5. The molecule has 10 heteroatoms. The molecule has 1 aliphatic rings. The third-order valence-electron chi connectivity index (χ3n) is 8.09. The first-order valence-electron chi connectivity index (χ1n) is 16.1. The Morgan fingerprint density at radius 2 is 1.80 bits per heavy atom. The molecule has 0 spiro atoms. The number of methoxy groups -OCH3 is 2. The van der Waals surface area contributed by atoms with Gasteiger partial charge in [-0.05, 0) is 94.7 Å². The summed E-state index contributed by atoms with van der Waals surface area (Å²) in [4.78, 5) is 26.2. The Kier molecular flexibility index (Phi) is 15.2. The molecule has 2 unspecified atom stereocenters. The van der Waals surface area contributed by atoms with Gasteiger partial charge in [-0.3, -0.25) is 10.1 Å². The first-order chi connectivity index (χ1) is 20.7. The molecule has 0 saturated carbocycles. The van der Waals surface area contributed by atoms with Crippen LogP contribution in [0.4, 0.5) is 4.79 Å². The highest BCUT2D eigenvalue weighted by atomic mass is 16.6. The molecule has 4 atom stereocenters. The molecule has 0 aromatic heterocycles. The molecule has 1 aliphatic heterocycles. The number of amides is 2. The van der Waals surface area contributed by atoms with Crippen molar-refractivity contribution in [2.45, 2.75) is 104 Å². The van der Waals surface area contributed by atoms with Gasteiger partial charge in [-0.1, -0.05) is 33.8 Å². The largest absolute Gasteiger partial charge is 0.493 e. The summed E-state index contributed by atoms with van der Waals surface area (Å²) in [5.74, 6) is 1.07. The molecule has 10 nitrogen and oxygen atoms in total. The SMILES string of the molecule is COCCOc1cc(CC(C[C@@](O)(CC[C@H](C(=O)NCC2CCCO2)C(C)C)NC(=O)OC(C)(C)C)C(C)C)ccc1OC. The summed E-state index contributed by atoms with van der Waals surface area (Å²) in [6.45, 7) is 15.6. The molecule has 1 aromatic rings. The smallest absolute Gasteiger partial charge is 0.409 e. The molecule has 1 saturated heterocycles. The van der Waals surface area contributed by atoms with E-state index in [-0.39, 0.29) is 48.5 Å². The van der Waals surface area contributed by atoms with E-state index in [0.29, 0.717) is 44.1 Å². The Balaban J connectivity index is 2.25. The first-order valence-corrected chi connectivity index (χ1v) is 16.1. The second-order valence-corrected chi connectivity index (χ2v) is 13.7. The van der Waals surface area contributed by atoms with E-state index >= 15 is 0 Å². The first kappa shape index (κ1) is 37.6. The van der Waals surface area contributed by atoms with Gasteiger partial charge in [-0.25, -0.2) is 4.79 Å². The molecule has 0 aliphatic carbocycles. The number of carbonyl (C=O) groups is 2. The van der Waals surface area contributed by atoms with Crippen LogP contribution in [0.3, 0.4) is 0 Å². The van der Waals surface area contributed by atoms with Crippen molar-refractivity contribution in [3.63, 3.8) is 0 Å². The summed E-state index contributed by atoms with van der Waals surface area (Å²) in [6, 6.07) is 5.82. The second-order valence-electron chi connectivity index (χ2n) is 13.7. The molecule has 1 heterocycles. The fourth-order valence-electron chi connectivity index (χ4n) is 5.50. The number of hydrogen-bond donors (Lipinski definition) is 3. The van der Waals surface area contributed by atoms with Crippen molar-refractivity contribution >= 4 is 12.0 Å². The van der Waals surface area contributed by atoms with Gasteiger partial charge in [0.25, 0.3) is 0 Å². The Labute approximate surface area is 264 Å². The van der Waals surface area contributed by atoms with Crippen LogP contribution in [0.25, 0.3) is 0 Å². The van der Waals surface area contributed by atoms with Gasteiger partial charge in [0.2, 0.25) is 5.91 Å². The van der Waals surface area contributed by atoms with Crippen LogP contribution in [0.1, 0.15) is 86.1 Å². The van der Waals surface area contributed by atoms with E-state index in [9.17, 15) is 14.7 Å². The summed E-state index contributed by atoms with van der Waals surface area (Å²) in [7, 11) is 3.22. The Hall–Kier alpha value is -2.56. The third-order valence-corrected chi connectivity index (χ3v) is 8.09. The zero-order valence-corrected chi connectivity index (χ0v) is 28.5. The molecule has 0 bridgehead atoms. The summed E-state index contributed by atoms with van der Waals surface area (Å²) in [5, 5.41) is 17.9. The van der Waals surface area contributed by atoms with Gasteiger partial charge in [-0.15, -0.1) is 0 Å². The zero-order valence-electron chi connectivity index (χ0n) is 28.5. The van der Waals surface area contributed by atoms with Crippen LogP contribution >= 0.6 is 0 Å². The Morgan fingerprint density at radius 1 is 1.07 bits per heavy atom. The van der Waals surface area contributed by atoms with E-state index in [2.05, 4.69) is 24.5 Å². The molecule has 2 rings (SSSR count). The van der Waals surface area contributed by atoms with Gasteiger partial charge < -0.3 is 34.1 Å². The average molecular weight is 623 g/mol. The van der Waals surface area contributed by atoms with Crippen LogP contribution in [0, 0.1) is 23.7 Å². The quantitative estimate of drug-likeness (QED) is 0.145. The van der Waals surface area contributed by atoms with Crippen LogP contribution in [-0.2, 0) is 25.4 Å². The maximum atomic E-state index is 13.2. The molecule has 3 N–H and O–H groups in total. The van der Waals surface area contributed by atoms with E-state index < -0.39 is 17.4 Å². The van der Waals surface area contributed by atoms with Crippen molar-refractivity contribution < 1.29 is 38.4 Å². The molecule has 44 heavy (non-hydrogen) atoms. The lowest BCUT2D eigenvalue weighted by molar-refractivity contribution is -0.127. The molecule has 2 amide bonds. The number of rotatable bonds is 18. The summed E-state index contributed by atoms with van der Waals surface area (Å²) >= 11 is 0. The molecule has 252 valence electrons. The summed E-state index contributed by atoms with van der Waals surface area (Å²) < 4.78 is 27.7. The summed E-state index contributed by atoms with van der Waals surface area (Å²) in [6.07, 6.45) is 2.81. The van der Waals surface area contributed by atoms with Crippen molar-refractivity contribution in [1.29, 1.82) is 0 Å². The molecular formula is C34H58N2O8. The minimum Gasteiger partial charge on any atom is -0.493 e. The van der Waals surface area contributed by atoms with Gasteiger partial charge in [0.15, 0.2) is 11.5 Å². The number of carbonyl (C=O) groups excluding carboxylic acids is 2. The fraction of sp³-hybridized carbons (Fsp3) is 0.765. The number of aliphatic hydroxyl groups is 1. The topological polar surface area (TPSA) is 125 Å². The molecule has 1 fully saturated rings. The highest BCUT2D eigenvalue weighted by molar-refractivity contribution is 5.78. The minimum atomic E-state index is -1.59. The molecule has 1 aromatic carbocycles. The second kappa shape index (κ2) is 17.8. The number of benzene rings is 1. The monoisotopic (exact) mass is 622 g/mol. The Morgan fingerprint density at radius 3 is 2.36 bits per heavy atom. The van der Waals surface area contributed by atoms with Gasteiger partial charge in [0, 0.05) is 26.2 Å². The number of hydrogen-bond acceptors (Lipinski definition) is 8. The minimum absolute atomic E-state index is 0.0130. The van der Waals surface area contributed by atoms with Crippen molar-refractivity contribution in [3.05, 3.63) is 23.8 Å². The van der Waals surface area contributed by atoms with E-state index in [1.807, 2.05) is 32.0 Å². The lowest BCUT2D eigenvalue weighted by Gasteiger charge is -2.36. The van der Waals surface area contributed by atoms with E-state index in [1.54, 1.807) is 35.0 Å². The van der Waals surface area contributed by atoms with Crippen molar-refractivity contribution in [2.24, 2.45) is 23.7 Å². The van der Waals surface area contributed by atoms with E-state index in [0.717, 1.165) is 25.0 Å². The van der Waals surface area contributed by atoms with Crippen LogP contribution in [0.2, 0.25) is 0 Å². The number of alkyl carbamates (subject to hydrolysis) is 1. The third kappa shape index (κ3) is 13.2. The Bertz CT molecular complexity index is 1020. The van der Waals surface area contributed by atoms with Gasteiger partial charge in [0.1, 0.15) is 17.9 Å². The van der Waals surface area contributed by atoms with Crippen LogP contribution in [0.5, 0.6) is 11.5 Å². The van der Waals surface area contributed by atoms with Crippen LogP contribution in [-0.4, -0.2) is 75.1 Å². The van der Waals surface area contributed by atoms with Crippen LogP contribution < -0.4 is 20.1 Å². The van der Waals surface area contributed by atoms with Gasteiger partial charge in [-0.2, -0.15) is 0 Å². The van der Waals surface area contributed by atoms with Crippen LogP contribution in [0.15, 0.2) is 18.2 Å². The molecular weight excluding hydrogens is 564 g/mol. The predicted octanol–water partition coefficient (Wildman–Crippen LogP) is 5.49. The predicted molar refractivity (Wildman–Crippen MR) is 171 cm³/mol. The van der Waals surface area contributed by atoms with Gasteiger partial charge >= 0.3 is 6.09 Å². The summed E-state index contributed by atoms with van der Waals surface area (Å²) in [5.41, 5.74) is -1.30. The lowest BCUT2D eigenvalue weighted by Crippen LogP contribution is -2.52. The fourth-order valence-corrected chi connectivity index (χ4v) is 5.50. The van der Waals surface area contributed by atoms with E-state index in [1.165, 1.54) is 0 Å².